The quantitative estimate of drug-likeness (QED) is 0.150. The minimum atomic E-state index is -0.581. The number of rotatable bonds is 8. The molecule has 2 aliphatic carbocycles. The topological polar surface area (TPSA) is 6.48 Å². The highest BCUT2D eigenvalue weighted by Gasteiger charge is 2.52. The first-order chi connectivity index (χ1) is 44.1. The van der Waals surface area contributed by atoms with Crippen LogP contribution in [0.5, 0.6) is 0 Å². The van der Waals surface area contributed by atoms with Gasteiger partial charge in [-0.3, -0.25) is 0 Å². The van der Waals surface area contributed by atoms with Crippen LogP contribution >= 0.6 is 22.7 Å². The lowest BCUT2D eigenvalue weighted by Gasteiger charge is -2.31. The molecule has 19 rings (SSSR count). The Morgan fingerprint density at radius 3 is 1.24 bits per heavy atom. The Morgan fingerprint density at radius 2 is 0.674 bits per heavy atom. The second-order valence-electron chi connectivity index (χ2n) is 23.9. The summed E-state index contributed by atoms with van der Waals surface area (Å²) in [5, 5.41) is 12.6. The average Bonchev–Trinajstić information content (AvgIpc) is 1.50. The van der Waals surface area contributed by atoms with Gasteiger partial charge in [-0.25, -0.2) is 0 Å². The van der Waals surface area contributed by atoms with Crippen molar-refractivity contribution in [2.24, 2.45) is 0 Å². The van der Waals surface area contributed by atoms with Crippen LogP contribution < -0.4 is 9.80 Å². The van der Waals surface area contributed by atoms with Crippen molar-refractivity contribution in [3.05, 3.63) is 338 Å². The van der Waals surface area contributed by atoms with E-state index in [4.69, 9.17) is 0 Å². The fourth-order valence-electron chi connectivity index (χ4n) is 15.3. The Bertz CT molecular complexity index is 5490. The standard InChI is InChI=1S/C85H52N2S2/c1-3-22-62(23-4-1)86(78-35-17-32-69-67-29-10-13-37-80(67)88-83(69)78)64-26-15-20-54(47-64)56-39-41-58-49-72-73-50-59-42-40-57(55-21-16-27-65(48-55)87(63-24-5-2-6-25-63)79-36-18-33-70-68-30-11-14-38-81(68)89-84(70)79)46-61(59)52-77(73)85(76(72)51-60(58)45-56)74-34-12-9-31-71(74)82-66-28-8-7-19-53(66)43-44-75(82)85/h1-52H. The molecule has 0 N–H and O–H groups in total. The predicted molar refractivity (Wildman–Crippen MR) is 381 cm³/mol. The van der Waals surface area contributed by atoms with Gasteiger partial charge < -0.3 is 9.80 Å². The van der Waals surface area contributed by atoms with Gasteiger partial charge >= 0.3 is 0 Å². The van der Waals surface area contributed by atoms with Crippen molar-refractivity contribution in [3.63, 3.8) is 0 Å². The van der Waals surface area contributed by atoms with Crippen LogP contribution in [-0.4, -0.2) is 0 Å². The minimum Gasteiger partial charge on any atom is -0.309 e. The van der Waals surface area contributed by atoms with E-state index >= 15 is 0 Å². The summed E-state index contributed by atoms with van der Waals surface area (Å²) >= 11 is 3.74. The van der Waals surface area contributed by atoms with Crippen molar-refractivity contribution >= 4 is 129 Å². The van der Waals surface area contributed by atoms with Crippen LogP contribution in [0, 0.1) is 0 Å². The van der Waals surface area contributed by atoms with E-state index in [0.29, 0.717) is 0 Å². The van der Waals surface area contributed by atoms with Crippen LogP contribution in [0.3, 0.4) is 0 Å². The second-order valence-corrected chi connectivity index (χ2v) is 26.0. The van der Waals surface area contributed by atoms with E-state index in [9.17, 15) is 0 Å². The number of para-hydroxylation sites is 2. The summed E-state index contributed by atoms with van der Waals surface area (Å²) in [5.41, 5.74) is 21.5. The molecule has 15 aromatic carbocycles. The van der Waals surface area contributed by atoms with Crippen molar-refractivity contribution in [1.82, 2.24) is 0 Å². The van der Waals surface area contributed by atoms with Crippen LogP contribution in [0.1, 0.15) is 22.3 Å². The van der Waals surface area contributed by atoms with Gasteiger partial charge in [0, 0.05) is 53.7 Å². The third-order valence-electron chi connectivity index (χ3n) is 19.1. The number of anilines is 6. The minimum absolute atomic E-state index is 0.581. The summed E-state index contributed by atoms with van der Waals surface area (Å²) in [5.74, 6) is 0. The van der Waals surface area contributed by atoms with Crippen molar-refractivity contribution in [3.8, 4) is 44.5 Å². The highest BCUT2D eigenvalue weighted by Crippen LogP contribution is 2.65. The van der Waals surface area contributed by atoms with Crippen LogP contribution in [0.15, 0.2) is 315 Å². The Kier molecular flexibility index (Phi) is 11.1. The molecule has 4 heteroatoms. The van der Waals surface area contributed by atoms with Gasteiger partial charge in [-0.05, 0) is 208 Å². The average molecular weight is 1170 g/mol. The van der Waals surface area contributed by atoms with E-state index < -0.39 is 5.41 Å². The Balaban J connectivity index is 0.771. The summed E-state index contributed by atoms with van der Waals surface area (Å²) in [7, 11) is 0. The van der Waals surface area contributed by atoms with Crippen LogP contribution in [-0.2, 0) is 5.41 Å². The summed E-state index contributed by atoms with van der Waals surface area (Å²) in [6.07, 6.45) is 0. The lowest BCUT2D eigenvalue weighted by atomic mass is 9.70. The second kappa shape index (κ2) is 19.6. The molecular formula is C85H52N2S2. The first kappa shape index (κ1) is 50.3. The third-order valence-corrected chi connectivity index (χ3v) is 21.6. The van der Waals surface area contributed by atoms with Gasteiger partial charge in [0.15, 0.2) is 0 Å². The number of benzene rings is 15. The van der Waals surface area contributed by atoms with Gasteiger partial charge in [0.2, 0.25) is 0 Å². The molecule has 1 spiro atoms. The maximum absolute atomic E-state index is 2.55. The molecule has 2 heterocycles. The third kappa shape index (κ3) is 7.55. The Hall–Kier alpha value is -10.9. The molecule has 17 aromatic rings. The van der Waals surface area contributed by atoms with Gasteiger partial charge in [-0.15, -0.1) is 22.7 Å². The van der Waals surface area contributed by atoms with Gasteiger partial charge in [-0.2, -0.15) is 0 Å². The number of fused-ring (bicyclic) bond motifs is 20. The van der Waals surface area contributed by atoms with E-state index in [-0.39, 0.29) is 0 Å². The molecule has 0 unspecified atom stereocenters. The smallest absolute Gasteiger partial charge is 0.0726 e. The molecule has 2 aromatic heterocycles. The lowest BCUT2D eigenvalue weighted by Crippen LogP contribution is -2.25. The molecule has 2 nitrogen and oxygen atoms in total. The lowest BCUT2D eigenvalue weighted by molar-refractivity contribution is 0.797. The van der Waals surface area contributed by atoms with Crippen molar-refractivity contribution in [1.29, 1.82) is 0 Å². The van der Waals surface area contributed by atoms with Crippen LogP contribution in [0.25, 0.3) is 117 Å². The molecule has 0 saturated carbocycles. The first-order valence-electron chi connectivity index (χ1n) is 30.6. The van der Waals surface area contributed by atoms with Crippen LogP contribution in [0.2, 0.25) is 0 Å². The zero-order valence-electron chi connectivity index (χ0n) is 48.2. The Morgan fingerprint density at radius 1 is 0.236 bits per heavy atom. The maximum atomic E-state index is 2.55. The molecule has 0 atom stereocenters. The molecule has 0 saturated heterocycles. The molecule has 0 aliphatic heterocycles. The van der Waals surface area contributed by atoms with Crippen molar-refractivity contribution < 1.29 is 0 Å². The predicted octanol–water partition coefficient (Wildman–Crippen LogP) is 24.5. The van der Waals surface area contributed by atoms with Gasteiger partial charge in [-0.1, -0.05) is 206 Å². The first-order valence-corrected chi connectivity index (χ1v) is 32.2. The summed E-state index contributed by atoms with van der Waals surface area (Å²) in [6, 6.07) is 118. The fraction of sp³-hybridized carbons (Fsp3) is 0.0118. The summed E-state index contributed by atoms with van der Waals surface area (Å²) < 4.78 is 5.16. The van der Waals surface area contributed by atoms with E-state index in [1.807, 2.05) is 22.7 Å². The molecule has 0 bridgehead atoms. The van der Waals surface area contributed by atoms with E-state index in [1.165, 1.54) is 151 Å². The van der Waals surface area contributed by atoms with Gasteiger partial charge in [0.25, 0.3) is 0 Å². The number of nitrogens with zero attached hydrogens (tertiary/aromatic N) is 2. The highest BCUT2D eigenvalue weighted by molar-refractivity contribution is 7.26. The van der Waals surface area contributed by atoms with Crippen molar-refractivity contribution in [2.75, 3.05) is 9.80 Å². The molecular weight excluding hydrogens is 1110 g/mol. The van der Waals surface area contributed by atoms with E-state index in [2.05, 4.69) is 325 Å². The molecule has 414 valence electrons. The fourth-order valence-corrected chi connectivity index (χ4v) is 17.7. The summed E-state index contributed by atoms with van der Waals surface area (Å²) in [6.45, 7) is 0. The molecule has 0 amide bonds. The van der Waals surface area contributed by atoms with Gasteiger partial charge in [0.1, 0.15) is 0 Å². The van der Waals surface area contributed by atoms with E-state index in [1.54, 1.807) is 0 Å². The molecule has 2 aliphatic rings. The molecule has 0 radical (unpaired) electrons. The number of thiophene rings is 2. The van der Waals surface area contributed by atoms with Crippen molar-refractivity contribution in [2.45, 2.75) is 5.41 Å². The zero-order valence-corrected chi connectivity index (χ0v) is 49.9. The number of hydrogen-bond donors (Lipinski definition) is 0. The summed E-state index contributed by atoms with van der Waals surface area (Å²) in [4.78, 5) is 4.88. The number of hydrogen-bond acceptors (Lipinski definition) is 4. The maximum Gasteiger partial charge on any atom is 0.0726 e. The highest BCUT2D eigenvalue weighted by atomic mass is 32.1. The SMILES string of the molecule is c1ccc(N(c2cccc(-c3ccc4cc5c(cc4c3)C3(c4cc6cc(-c7cccc(N(c8ccccc8)c8cccc9c8sc8ccccc89)c7)ccc6cc4-5)c4ccccc4-c4c3ccc3ccccc43)c2)c2cccc3c2sc2ccccc23)cc1. The van der Waals surface area contributed by atoms with Crippen LogP contribution in [0.4, 0.5) is 34.1 Å². The largest absolute Gasteiger partial charge is 0.309 e. The Labute approximate surface area is 523 Å². The normalized spacial score (nSPS) is 12.8. The monoisotopic (exact) mass is 1160 g/mol. The molecule has 0 fully saturated rings. The van der Waals surface area contributed by atoms with E-state index in [0.717, 1.165) is 22.7 Å². The molecule has 89 heavy (non-hydrogen) atoms. The zero-order chi connectivity index (χ0) is 58.3. The van der Waals surface area contributed by atoms with Gasteiger partial charge in [0.05, 0.1) is 26.2 Å².